The fourth-order valence-corrected chi connectivity index (χ4v) is 2.90. The van der Waals surface area contributed by atoms with Crippen molar-refractivity contribution >= 4 is 11.8 Å². The molecule has 2 amide bonds. The Morgan fingerprint density at radius 1 is 1.37 bits per heavy atom. The first-order valence-electron chi connectivity index (χ1n) is 7.30. The summed E-state index contributed by atoms with van der Waals surface area (Å²) in [5.41, 5.74) is 5.66. The van der Waals surface area contributed by atoms with Gasteiger partial charge in [-0.2, -0.15) is 0 Å². The number of amides is 2. The lowest BCUT2D eigenvalue weighted by atomic mass is 9.96. The Kier molecular flexibility index (Phi) is 4.45. The van der Waals surface area contributed by atoms with Gasteiger partial charge in [0.2, 0.25) is 11.8 Å². The van der Waals surface area contributed by atoms with E-state index in [2.05, 4.69) is 0 Å². The van der Waals surface area contributed by atoms with Gasteiger partial charge in [-0.3, -0.25) is 9.59 Å². The highest BCUT2D eigenvalue weighted by molar-refractivity contribution is 5.81. The number of likely N-dealkylation sites (tertiary alicyclic amines) is 1. The van der Waals surface area contributed by atoms with E-state index in [9.17, 15) is 9.59 Å². The zero-order valence-corrected chi connectivity index (χ0v) is 12.0. The second-order valence-electron chi connectivity index (χ2n) is 5.98. The lowest BCUT2D eigenvalue weighted by Crippen LogP contribution is -2.49. The van der Waals surface area contributed by atoms with E-state index in [1.165, 1.54) is 0 Å². The van der Waals surface area contributed by atoms with Crippen LogP contribution in [0.1, 0.15) is 39.5 Å². The number of nitrogens with two attached hydrogens (primary N) is 1. The smallest absolute Gasteiger partial charge is 0.239 e. The summed E-state index contributed by atoms with van der Waals surface area (Å²) in [5.74, 6) is 0.601. The number of nitrogens with zero attached hydrogens (tertiary/aromatic N) is 2. The van der Waals surface area contributed by atoms with Gasteiger partial charge in [0.15, 0.2) is 0 Å². The van der Waals surface area contributed by atoms with E-state index < -0.39 is 6.04 Å². The number of piperidine rings is 1. The fourth-order valence-electron chi connectivity index (χ4n) is 2.90. The Bertz CT molecular complexity index is 353. The summed E-state index contributed by atoms with van der Waals surface area (Å²) in [7, 11) is 0. The van der Waals surface area contributed by atoms with Gasteiger partial charge in [0.1, 0.15) is 0 Å². The van der Waals surface area contributed by atoms with Crippen molar-refractivity contribution < 1.29 is 9.59 Å². The summed E-state index contributed by atoms with van der Waals surface area (Å²) < 4.78 is 0. The van der Waals surface area contributed by atoms with Crippen LogP contribution in [0.4, 0.5) is 0 Å². The molecule has 1 heterocycles. The van der Waals surface area contributed by atoms with Crippen LogP contribution in [-0.2, 0) is 9.59 Å². The predicted octanol–water partition coefficient (Wildman–Crippen LogP) is 0.583. The molecule has 1 saturated carbocycles. The second kappa shape index (κ2) is 5.90. The zero-order chi connectivity index (χ0) is 14.0. The highest BCUT2D eigenvalue weighted by Crippen LogP contribution is 2.29. The first-order valence-corrected chi connectivity index (χ1v) is 7.30. The Labute approximate surface area is 115 Å². The van der Waals surface area contributed by atoms with Gasteiger partial charge in [-0.15, -0.1) is 0 Å². The monoisotopic (exact) mass is 267 g/mol. The molecule has 2 fully saturated rings. The van der Waals surface area contributed by atoms with Gasteiger partial charge >= 0.3 is 0 Å². The van der Waals surface area contributed by atoms with E-state index in [1.807, 2.05) is 9.80 Å². The van der Waals surface area contributed by atoms with Crippen LogP contribution in [0.15, 0.2) is 0 Å². The molecule has 1 aliphatic heterocycles. The van der Waals surface area contributed by atoms with Crippen LogP contribution in [0.3, 0.4) is 0 Å². The molecule has 19 heavy (non-hydrogen) atoms. The molecule has 5 nitrogen and oxygen atoms in total. The molecule has 5 heteroatoms. The van der Waals surface area contributed by atoms with E-state index >= 15 is 0 Å². The highest BCUT2D eigenvalue weighted by atomic mass is 16.2. The first kappa shape index (κ1) is 14.3. The summed E-state index contributed by atoms with van der Waals surface area (Å²) in [4.78, 5) is 27.4. The van der Waals surface area contributed by atoms with Gasteiger partial charge in [-0.1, -0.05) is 0 Å². The van der Waals surface area contributed by atoms with Crippen molar-refractivity contribution in [3.63, 3.8) is 0 Å². The maximum absolute atomic E-state index is 11.9. The Morgan fingerprint density at radius 3 is 2.58 bits per heavy atom. The van der Waals surface area contributed by atoms with E-state index in [0.717, 1.165) is 45.3 Å². The number of hydrogen-bond acceptors (Lipinski definition) is 3. The molecule has 1 saturated heterocycles. The van der Waals surface area contributed by atoms with Crippen molar-refractivity contribution in [2.45, 2.75) is 51.6 Å². The molecule has 2 atom stereocenters. The van der Waals surface area contributed by atoms with E-state index in [1.54, 1.807) is 13.8 Å². The van der Waals surface area contributed by atoms with Gasteiger partial charge in [-0.25, -0.2) is 0 Å². The lowest BCUT2D eigenvalue weighted by molar-refractivity contribution is -0.134. The summed E-state index contributed by atoms with van der Waals surface area (Å²) in [6.45, 7) is 5.73. The predicted molar refractivity (Wildman–Crippen MR) is 73.4 cm³/mol. The molecule has 0 spiro atoms. The molecule has 0 unspecified atom stereocenters. The molecule has 2 N–H and O–H groups in total. The summed E-state index contributed by atoms with van der Waals surface area (Å²) >= 11 is 0. The first-order chi connectivity index (χ1) is 8.99. The largest absolute Gasteiger partial charge is 0.341 e. The molecule has 0 bridgehead atoms. The second-order valence-corrected chi connectivity index (χ2v) is 5.98. The number of hydrogen-bond donors (Lipinski definition) is 1. The minimum atomic E-state index is -0.425. The van der Waals surface area contributed by atoms with Gasteiger partial charge in [0.25, 0.3) is 0 Å². The van der Waals surface area contributed by atoms with Gasteiger partial charge in [-0.05, 0) is 38.5 Å². The molecule has 0 radical (unpaired) electrons. The molecule has 0 aromatic carbocycles. The standard InChI is InChI=1S/C14H25N3O2/c1-10(15)14(19)16-7-3-4-12(8-16)9-17(11(2)18)13-5-6-13/h10,12-13H,3-9,15H2,1-2H3/t10-,12-/m0/s1. The van der Waals surface area contributed by atoms with E-state index in [4.69, 9.17) is 5.73 Å². The van der Waals surface area contributed by atoms with E-state index in [0.29, 0.717) is 12.0 Å². The average molecular weight is 267 g/mol. The Hall–Kier alpha value is -1.10. The molecular formula is C14H25N3O2. The van der Waals surface area contributed by atoms with Crippen LogP contribution in [-0.4, -0.2) is 53.3 Å². The van der Waals surface area contributed by atoms with Crippen molar-refractivity contribution in [1.29, 1.82) is 0 Å². The minimum absolute atomic E-state index is 0.0329. The van der Waals surface area contributed by atoms with Crippen molar-refractivity contribution in [3.05, 3.63) is 0 Å². The van der Waals surface area contributed by atoms with Crippen LogP contribution in [0, 0.1) is 5.92 Å². The quantitative estimate of drug-likeness (QED) is 0.810. The molecule has 108 valence electrons. The zero-order valence-electron chi connectivity index (χ0n) is 12.0. The molecule has 0 aromatic rings. The topological polar surface area (TPSA) is 66.6 Å². The van der Waals surface area contributed by atoms with Crippen LogP contribution >= 0.6 is 0 Å². The Balaban J connectivity index is 1.89. The minimum Gasteiger partial charge on any atom is -0.341 e. The van der Waals surface area contributed by atoms with Crippen LogP contribution < -0.4 is 5.73 Å². The number of carbonyl (C=O) groups excluding carboxylic acids is 2. The molecule has 2 rings (SSSR count). The summed E-state index contributed by atoms with van der Waals surface area (Å²) in [5, 5.41) is 0. The van der Waals surface area contributed by atoms with Gasteiger partial charge in [0.05, 0.1) is 6.04 Å². The SMILES string of the molecule is CC(=O)N(C[C@H]1CCCN(C(=O)[C@H](C)N)C1)C1CC1. The average Bonchev–Trinajstić information content (AvgIpc) is 3.19. The fraction of sp³-hybridized carbons (Fsp3) is 0.857. The third kappa shape index (κ3) is 3.69. The third-order valence-corrected chi connectivity index (χ3v) is 4.07. The number of carbonyl (C=O) groups is 2. The molecule has 0 aromatic heterocycles. The van der Waals surface area contributed by atoms with Gasteiger partial charge in [0, 0.05) is 32.6 Å². The summed E-state index contributed by atoms with van der Waals surface area (Å²) in [6, 6.07) is 0.0307. The third-order valence-electron chi connectivity index (χ3n) is 4.07. The summed E-state index contributed by atoms with van der Waals surface area (Å²) in [6.07, 6.45) is 4.38. The van der Waals surface area contributed by atoms with Crippen molar-refractivity contribution in [1.82, 2.24) is 9.80 Å². The van der Waals surface area contributed by atoms with Crippen LogP contribution in [0.2, 0.25) is 0 Å². The number of rotatable bonds is 4. The maximum atomic E-state index is 11.9. The normalized spacial score (nSPS) is 25.0. The Morgan fingerprint density at radius 2 is 2.05 bits per heavy atom. The van der Waals surface area contributed by atoms with Crippen molar-refractivity contribution in [3.8, 4) is 0 Å². The van der Waals surface area contributed by atoms with Crippen LogP contribution in [0.5, 0.6) is 0 Å². The molecule has 2 aliphatic rings. The van der Waals surface area contributed by atoms with Crippen molar-refractivity contribution in [2.24, 2.45) is 11.7 Å². The molecular weight excluding hydrogens is 242 g/mol. The van der Waals surface area contributed by atoms with Gasteiger partial charge < -0.3 is 15.5 Å². The van der Waals surface area contributed by atoms with Crippen molar-refractivity contribution in [2.75, 3.05) is 19.6 Å². The maximum Gasteiger partial charge on any atom is 0.239 e. The molecule has 1 aliphatic carbocycles. The lowest BCUT2D eigenvalue weighted by Gasteiger charge is -2.36. The highest BCUT2D eigenvalue weighted by Gasteiger charge is 2.34. The van der Waals surface area contributed by atoms with E-state index in [-0.39, 0.29) is 11.8 Å². The van der Waals surface area contributed by atoms with Crippen LogP contribution in [0.25, 0.3) is 0 Å².